The number of tetrazole rings is 1. The van der Waals surface area contributed by atoms with Crippen LogP contribution in [-0.2, 0) is 0 Å². The molecule has 0 radical (unpaired) electrons. The molecule has 1 atom stereocenters. The molecule has 4 aromatic rings. The van der Waals surface area contributed by atoms with Crippen molar-refractivity contribution in [1.82, 2.24) is 40.0 Å². The molecule has 0 spiro atoms. The van der Waals surface area contributed by atoms with Crippen molar-refractivity contribution in [1.29, 1.82) is 0 Å². The van der Waals surface area contributed by atoms with Crippen molar-refractivity contribution >= 4 is 11.7 Å². The summed E-state index contributed by atoms with van der Waals surface area (Å²) in [7, 11) is 0. The number of hydrogen-bond donors (Lipinski definition) is 2. The first-order valence-corrected chi connectivity index (χ1v) is 10.9. The van der Waals surface area contributed by atoms with Gasteiger partial charge in [0.05, 0.1) is 24.9 Å². The molecule has 1 amide bonds. The van der Waals surface area contributed by atoms with E-state index in [2.05, 4.69) is 35.9 Å². The van der Waals surface area contributed by atoms with E-state index < -0.39 is 12.3 Å². The molecule has 5 rings (SSSR count). The third kappa shape index (κ3) is 4.62. The van der Waals surface area contributed by atoms with Gasteiger partial charge in [-0.25, -0.2) is 18.4 Å². The van der Waals surface area contributed by atoms with Crippen molar-refractivity contribution < 1.29 is 18.7 Å². The summed E-state index contributed by atoms with van der Waals surface area (Å²) in [6.07, 6.45) is 3.49. The van der Waals surface area contributed by atoms with Crippen LogP contribution in [0.25, 0.3) is 22.6 Å². The number of nitrogens with one attached hydrogen (secondary N) is 1. The number of aliphatic hydroxyl groups is 1. The number of nitrogens with zero attached hydrogens (tertiary/aromatic N) is 8. The van der Waals surface area contributed by atoms with Gasteiger partial charge in [0, 0.05) is 23.5 Å². The number of halogens is 2. The summed E-state index contributed by atoms with van der Waals surface area (Å²) in [5.41, 5.74) is 0.748. The van der Waals surface area contributed by atoms with Crippen LogP contribution in [0.15, 0.2) is 42.9 Å². The van der Waals surface area contributed by atoms with E-state index in [0.717, 1.165) is 19.0 Å². The van der Waals surface area contributed by atoms with Crippen molar-refractivity contribution in [3.8, 4) is 22.6 Å². The topological polar surface area (TPSA) is 137 Å². The minimum absolute atomic E-state index is 0.0467. The fraction of sp³-hybridized carbons (Fsp3) is 0.318. The minimum Gasteiger partial charge on any atom is -0.394 e. The molecule has 0 aromatic carbocycles. The van der Waals surface area contributed by atoms with E-state index >= 15 is 0 Å². The average molecular weight is 481 g/mol. The number of hydrogen-bond acceptors (Lipinski definition) is 8. The zero-order valence-corrected chi connectivity index (χ0v) is 18.6. The van der Waals surface area contributed by atoms with Crippen LogP contribution in [0, 0.1) is 0 Å². The number of aliphatic hydroxyl groups excluding tert-OH is 1. The highest BCUT2D eigenvalue weighted by atomic mass is 19.3. The highest BCUT2D eigenvalue weighted by Crippen LogP contribution is 2.37. The number of carbonyl (C=O) groups excluding carboxylic acids is 1. The van der Waals surface area contributed by atoms with Gasteiger partial charge in [-0.15, -0.1) is 5.10 Å². The number of amides is 1. The first-order chi connectivity index (χ1) is 16.9. The fourth-order valence-electron chi connectivity index (χ4n) is 3.58. The predicted molar refractivity (Wildman–Crippen MR) is 119 cm³/mol. The van der Waals surface area contributed by atoms with Crippen molar-refractivity contribution in [3.63, 3.8) is 0 Å². The Labute approximate surface area is 197 Å². The van der Waals surface area contributed by atoms with Crippen molar-refractivity contribution in [2.24, 2.45) is 0 Å². The normalized spacial score (nSPS) is 14.3. The summed E-state index contributed by atoms with van der Waals surface area (Å²) in [6.45, 7) is 1.57. The van der Waals surface area contributed by atoms with Crippen LogP contribution in [0.4, 0.5) is 14.6 Å². The number of aromatic nitrogens is 8. The van der Waals surface area contributed by atoms with Crippen LogP contribution in [-0.4, -0.2) is 57.6 Å². The third-order valence-electron chi connectivity index (χ3n) is 5.63. The number of alkyl halides is 2. The van der Waals surface area contributed by atoms with Gasteiger partial charge in [-0.3, -0.25) is 14.5 Å². The lowest BCUT2D eigenvalue weighted by molar-refractivity contribution is 0.102. The van der Waals surface area contributed by atoms with E-state index in [1.54, 1.807) is 36.0 Å². The van der Waals surface area contributed by atoms with Gasteiger partial charge in [0.25, 0.3) is 12.3 Å². The molecule has 1 saturated carbocycles. The van der Waals surface area contributed by atoms with Gasteiger partial charge in [0.1, 0.15) is 17.2 Å². The molecular formula is C22H21F2N9O2. The van der Waals surface area contributed by atoms with Gasteiger partial charge < -0.3 is 10.4 Å². The molecular weight excluding hydrogens is 460 g/mol. The Balaban J connectivity index is 1.41. The van der Waals surface area contributed by atoms with E-state index in [1.807, 2.05) is 0 Å². The summed E-state index contributed by atoms with van der Waals surface area (Å²) < 4.78 is 30.5. The van der Waals surface area contributed by atoms with E-state index in [9.17, 15) is 18.7 Å². The molecule has 4 aromatic heterocycles. The van der Waals surface area contributed by atoms with Crippen molar-refractivity contribution in [3.05, 3.63) is 54.1 Å². The van der Waals surface area contributed by atoms with Crippen molar-refractivity contribution in [2.45, 2.75) is 38.3 Å². The lowest BCUT2D eigenvalue weighted by Gasteiger charge is -2.11. The maximum Gasteiger partial charge on any atom is 0.275 e. The van der Waals surface area contributed by atoms with Crippen LogP contribution in [0.3, 0.4) is 0 Å². The highest BCUT2D eigenvalue weighted by Gasteiger charge is 2.26. The summed E-state index contributed by atoms with van der Waals surface area (Å²) in [5.74, 6) is -0.104. The molecule has 35 heavy (non-hydrogen) atoms. The molecule has 1 aliphatic rings. The van der Waals surface area contributed by atoms with E-state index in [1.165, 1.54) is 16.9 Å². The van der Waals surface area contributed by atoms with E-state index in [-0.39, 0.29) is 35.3 Å². The smallest absolute Gasteiger partial charge is 0.275 e. The van der Waals surface area contributed by atoms with Crippen LogP contribution in [0.1, 0.15) is 54.3 Å². The molecule has 11 nitrogen and oxygen atoms in total. The molecule has 4 heterocycles. The Morgan fingerprint density at radius 3 is 2.86 bits per heavy atom. The second kappa shape index (κ2) is 9.25. The summed E-state index contributed by atoms with van der Waals surface area (Å²) >= 11 is 0. The number of anilines is 1. The number of carbonyl (C=O) groups is 1. The second-order valence-electron chi connectivity index (χ2n) is 8.24. The summed E-state index contributed by atoms with van der Waals surface area (Å²) in [5, 5.41) is 27.8. The van der Waals surface area contributed by atoms with E-state index in [4.69, 9.17) is 0 Å². The van der Waals surface area contributed by atoms with Gasteiger partial charge in [-0.2, -0.15) is 5.10 Å². The zero-order chi connectivity index (χ0) is 24.5. The molecule has 1 unspecified atom stereocenters. The highest BCUT2D eigenvalue weighted by molar-refractivity contribution is 6.03. The van der Waals surface area contributed by atoms with Gasteiger partial charge in [0.15, 0.2) is 0 Å². The Bertz CT molecular complexity index is 1370. The number of rotatable bonds is 8. The van der Waals surface area contributed by atoms with Gasteiger partial charge in [0.2, 0.25) is 5.82 Å². The lowest BCUT2D eigenvalue weighted by atomic mass is 10.0. The summed E-state index contributed by atoms with van der Waals surface area (Å²) in [6, 6.07) is 6.14. The van der Waals surface area contributed by atoms with Crippen LogP contribution >= 0.6 is 0 Å². The monoisotopic (exact) mass is 481 g/mol. The van der Waals surface area contributed by atoms with Crippen LogP contribution in [0.2, 0.25) is 0 Å². The zero-order valence-electron chi connectivity index (χ0n) is 18.6. The lowest BCUT2D eigenvalue weighted by Crippen LogP contribution is -2.16. The maximum absolute atomic E-state index is 13.7. The Hall–Kier alpha value is -4.13. The van der Waals surface area contributed by atoms with Crippen LogP contribution < -0.4 is 5.32 Å². The maximum atomic E-state index is 13.7. The molecule has 2 N–H and O–H groups in total. The average Bonchev–Trinajstić information content (AvgIpc) is 3.39. The molecule has 1 fully saturated rings. The Morgan fingerprint density at radius 2 is 2.11 bits per heavy atom. The number of pyridine rings is 2. The SMILES string of the molecule is CC(CO)n1nnnc1-c1cccc(NC(=O)c2cc(-c3cnn(C4CC4)c3)c(C(F)F)cn2)n1. The van der Waals surface area contributed by atoms with E-state index in [0.29, 0.717) is 23.1 Å². The molecule has 180 valence electrons. The molecule has 0 bridgehead atoms. The summed E-state index contributed by atoms with van der Waals surface area (Å²) in [4.78, 5) is 21.2. The first-order valence-electron chi connectivity index (χ1n) is 10.9. The Morgan fingerprint density at radius 1 is 1.29 bits per heavy atom. The first kappa shape index (κ1) is 22.7. The molecule has 13 heteroatoms. The standard InChI is InChI=1S/C22H21F2N9O2/c1-12(11-34)33-21(29-30-31-33)17-3-2-4-19(27-17)28-22(35)18-7-15(16(9-25-18)20(23)24)13-8-26-32(10-13)14-5-6-14/h2-4,7-10,12,14,20,34H,5-6,11H2,1H3,(H,27,28,35). The van der Waals surface area contributed by atoms with Crippen molar-refractivity contribution in [2.75, 3.05) is 11.9 Å². The van der Waals surface area contributed by atoms with Crippen LogP contribution in [0.5, 0.6) is 0 Å². The van der Waals surface area contributed by atoms with Gasteiger partial charge >= 0.3 is 0 Å². The minimum atomic E-state index is -2.76. The Kier molecular flexibility index (Phi) is 5.99. The van der Waals surface area contributed by atoms with Gasteiger partial charge in [-0.1, -0.05) is 6.07 Å². The molecule has 1 aliphatic carbocycles. The molecule has 0 saturated heterocycles. The third-order valence-corrected chi connectivity index (χ3v) is 5.63. The predicted octanol–water partition coefficient (Wildman–Crippen LogP) is 3.07. The van der Waals surface area contributed by atoms with Gasteiger partial charge in [-0.05, 0) is 54.0 Å². The quantitative estimate of drug-likeness (QED) is 0.392. The second-order valence-corrected chi connectivity index (χ2v) is 8.24. The largest absolute Gasteiger partial charge is 0.394 e. The molecule has 0 aliphatic heterocycles. The fourth-order valence-corrected chi connectivity index (χ4v) is 3.58.